The molecule has 0 aliphatic heterocycles. The molecule has 1 aromatic carbocycles. The van der Waals surface area contributed by atoms with Gasteiger partial charge < -0.3 is 10.5 Å². The Morgan fingerprint density at radius 2 is 2.31 bits per heavy atom. The van der Waals surface area contributed by atoms with E-state index in [0.717, 1.165) is 10.0 Å². The highest BCUT2D eigenvalue weighted by Gasteiger charge is 1.96. The summed E-state index contributed by atoms with van der Waals surface area (Å²) in [6, 6.07) is 8.17. The molecular weight excluding hydrogens is 230 g/mol. The van der Waals surface area contributed by atoms with E-state index in [1.165, 1.54) is 0 Å². The molecule has 1 aromatic rings. The maximum Gasteiger partial charge on any atom is 0.0718 e. The van der Waals surface area contributed by atoms with Crippen molar-refractivity contribution in [1.29, 1.82) is 0 Å². The Labute approximate surface area is 87.2 Å². The van der Waals surface area contributed by atoms with Crippen molar-refractivity contribution in [3.05, 3.63) is 34.3 Å². The van der Waals surface area contributed by atoms with Crippen LogP contribution in [0.2, 0.25) is 0 Å². The number of nitrogens with two attached hydrogens (primary N) is 1. The lowest BCUT2D eigenvalue weighted by Crippen LogP contribution is -2.21. The maximum absolute atomic E-state index is 5.55. The van der Waals surface area contributed by atoms with Gasteiger partial charge in [-0.2, -0.15) is 0 Å². The van der Waals surface area contributed by atoms with Crippen LogP contribution in [0.25, 0.3) is 0 Å². The Morgan fingerprint density at radius 1 is 1.54 bits per heavy atom. The zero-order valence-electron chi connectivity index (χ0n) is 7.66. The molecule has 0 amide bonds. The molecular formula is C10H14BrNO. The van der Waals surface area contributed by atoms with E-state index in [1.54, 1.807) is 0 Å². The van der Waals surface area contributed by atoms with Crippen LogP contribution in [0.3, 0.4) is 0 Å². The molecule has 0 radical (unpaired) electrons. The molecule has 2 N–H and O–H groups in total. The average Bonchev–Trinajstić information content (AvgIpc) is 2.03. The number of hydrogen-bond acceptors (Lipinski definition) is 2. The van der Waals surface area contributed by atoms with Gasteiger partial charge in [-0.05, 0) is 24.6 Å². The molecule has 72 valence electrons. The van der Waals surface area contributed by atoms with E-state index in [-0.39, 0.29) is 6.04 Å². The lowest BCUT2D eigenvalue weighted by atomic mass is 10.2. The average molecular weight is 244 g/mol. The van der Waals surface area contributed by atoms with Crippen LogP contribution in [0.4, 0.5) is 0 Å². The maximum atomic E-state index is 5.55. The van der Waals surface area contributed by atoms with Crippen molar-refractivity contribution in [3.8, 4) is 0 Å². The van der Waals surface area contributed by atoms with Crippen molar-refractivity contribution in [2.24, 2.45) is 5.73 Å². The molecule has 13 heavy (non-hydrogen) atoms. The molecule has 3 heteroatoms. The molecule has 0 unspecified atom stereocenters. The monoisotopic (exact) mass is 243 g/mol. The molecule has 1 atom stereocenters. The van der Waals surface area contributed by atoms with Gasteiger partial charge in [-0.15, -0.1) is 0 Å². The molecule has 0 aliphatic carbocycles. The van der Waals surface area contributed by atoms with Gasteiger partial charge >= 0.3 is 0 Å². The molecule has 0 aliphatic rings. The van der Waals surface area contributed by atoms with E-state index < -0.39 is 0 Å². The SMILES string of the molecule is C[C@H](N)COCc1cccc(Br)c1. The number of benzene rings is 1. The van der Waals surface area contributed by atoms with Crippen LogP contribution in [-0.4, -0.2) is 12.6 Å². The topological polar surface area (TPSA) is 35.2 Å². The second-order valence-electron chi connectivity index (χ2n) is 3.12. The molecule has 0 fully saturated rings. The van der Waals surface area contributed by atoms with Crippen LogP contribution in [0.5, 0.6) is 0 Å². The predicted molar refractivity (Wildman–Crippen MR) is 57.4 cm³/mol. The van der Waals surface area contributed by atoms with Crippen molar-refractivity contribution in [3.63, 3.8) is 0 Å². The van der Waals surface area contributed by atoms with E-state index in [1.807, 2.05) is 31.2 Å². The smallest absolute Gasteiger partial charge is 0.0718 e. The minimum Gasteiger partial charge on any atom is -0.375 e. The molecule has 0 aromatic heterocycles. The second-order valence-corrected chi connectivity index (χ2v) is 4.04. The highest BCUT2D eigenvalue weighted by molar-refractivity contribution is 9.10. The summed E-state index contributed by atoms with van der Waals surface area (Å²) >= 11 is 3.40. The summed E-state index contributed by atoms with van der Waals surface area (Å²) in [5.41, 5.74) is 6.71. The fraction of sp³-hybridized carbons (Fsp3) is 0.400. The number of ether oxygens (including phenoxy) is 1. The lowest BCUT2D eigenvalue weighted by Gasteiger charge is -2.06. The van der Waals surface area contributed by atoms with Crippen LogP contribution in [0, 0.1) is 0 Å². The fourth-order valence-electron chi connectivity index (χ4n) is 0.989. The summed E-state index contributed by atoms with van der Waals surface area (Å²) in [5, 5.41) is 0. The van der Waals surface area contributed by atoms with Crippen molar-refractivity contribution < 1.29 is 4.74 Å². The minimum absolute atomic E-state index is 0.104. The lowest BCUT2D eigenvalue weighted by molar-refractivity contribution is 0.111. The quantitative estimate of drug-likeness (QED) is 0.882. The van der Waals surface area contributed by atoms with E-state index >= 15 is 0 Å². The van der Waals surface area contributed by atoms with Crippen LogP contribution in [0.15, 0.2) is 28.7 Å². The Bertz CT molecular complexity index is 263. The summed E-state index contributed by atoms with van der Waals surface area (Å²) in [6.07, 6.45) is 0. The summed E-state index contributed by atoms with van der Waals surface area (Å²) < 4.78 is 6.47. The Balaban J connectivity index is 2.37. The van der Waals surface area contributed by atoms with Gasteiger partial charge in [0.1, 0.15) is 0 Å². The third-order valence-corrected chi connectivity index (χ3v) is 2.03. The van der Waals surface area contributed by atoms with E-state index in [9.17, 15) is 0 Å². The van der Waals surface area contributed by atoms with Crippen LogP contribution < -0.4 is 5.73 Å². The first-order chi connectivity index (χ1) is 6.18. The van der Waals surface area contributed by atoms with Gasteiger partial charge in [0.15, 0.2) is 0 Å². The van der Waals surface area contributed by atoms with Crippen molar-refractivity contribution >= 4 is 15.9 Å². The molecule has 1 rings (SSSR count). The van der Waals surface area contributed by atoms with Gasteiger partial charge in [-0.3, -0.25) is 0 Å². The molecule has 0 spiro atoms. The van der Waals surface area contributed by atoms with Crippen molar-refractivity contribution in [2.75, 3.05) is 6.61 Å². The first kappa shape index (κ1) is 10.7. The second kappa shape index (κ2) is 5.37. The fourth-order valence-corrected chi connectivity index (χ4v) is 1.44. The van der Waals surface area contributed by atoms with Gasteiger partial charge in [0.25, 0.3) is 0 Å². The van der Waals surface area contributed by atoms with Gasteiger partial charge in [0.05, 0.1) is 13.2 Å². The summed E-state index contributed by atoms with van der Waals surface area (Å²) in [7, 11) is 0. The zero-order chi connectivity index (χ0) is 9.68. The van der Waals surface area contributed by atoms with Crippen LogP contribution in [-0.2, 0) is 11.3 Å². The Hall–Kier alpha value is -0.380. The Kier molecular flexibility index (Phi) is 4.42. The van der Waals surface area contributed by atoms with Gasteiger partial charge in [0.2, 0.25) is 0 Å². The van der Waals surface area contributed by atoms with Crippen LogP contribution in [0.1, 0.15) is 12.5 Å². The first-order valence-electron chi connectivity index (χ1n) is 4.26. The van der Waals surface area contributed by atoms with Crippen LogP contribution >= 0.6 is 15.9 Å². The summed E-state index contributed by atoms with van der Waals surface area (Å²) in [6.45, 7) is 3.16. The summed E-state index contributed by atoms with van der Waals surface area (Å²) in [5.74, 6) is 0. The normalized spacial score (nSPS) is 12.8. The van der Waals surface area contributed by atoms with Crippen molar-refractivity contribution in [1.82, 2.24) is 0 Å². The van der Waals surface area contributed by atoms with E-state index in [0.29, 0.717) is 13.2 Å². The molecule has 0 saturated heterocycles. The largest absolute Gasteiger partial charge is 0.375 e. The van der Waals surface area contributed by atoms with Gasteiger partial charge in [-0.1, -0.05) is 28.1 Å². The standard InChI is InChI=1S/C10H14BrNO/c1-8(12)6-13-7-9-3-2-4-10(11)5-9/h2-5,8H,6-7,12H2,1H3/t8-/m0/s1. The summed E-state index contributed by atoms with van der Waals surface area (Å²) in [4.78, 5) is 0. The zero-order valence-corrected chi connectivity index (χ0v) is 9.25. The number of rotatable bonds is 4. The molecule has 2 nitrogen and oxygen atoms in total. The van der Waals surface area contributed by atoms with E-state index in [4.69, 9.17) is 10.5 Å². The molecule has 0 heterocycles. The predicted octanol–water partition coefficient (Wildman–Crippen LogP) is 2.31. The third-order valence-electron chi connectivity index (χ3n) is 1.54. The minimum atomic E-state index is 0.104. The molecule has 0 bridgehead atoms. The van der Waals surface area contributed by atoms with Crippen molar-refractivity contribution in [2.45, 2.75) is 19.6 Å². The molecule has 0 saturated carbocycles. The highest BCUT2D eigenvalue weighted by Crippen LogP contribution is 2.12. The van der Waals surface area contributed by atoms with Gasteiger partial charge in [-0.25, -0.2) is 0 Å². The Morgan fingerprint density at radius 3 is 2.92 bits per heavy atom. The van der Waals surface area contributed by atoms with Gasteiger partial charge in [0, 0.05) is 10.5 Å². The first-order valence-corrected chi connectivity index (χ1v) is 5.05. The third kappa shape index (κ3) is 4.41. The highest BCUT2D eigenvalue weighted by atomic mass is 79.9. The number of hydrogen-bond donors (Lipinski definition) is 1. The number of halogens is 1. The van der Waals surface area contributed by atoms with E-state index in [2.05, 4.69) is 15.9 Å².